The molecule has 3 atom stereocenters. The smallest absolute Gasteiger partial charge is 0.0946 e. The zero-order chi connectivity index (χ0) is 15.5. The van der Waals surface area contributed by atoms with Gasteiger partial charge in [0.1, 0.15) is 0 Å². The number of hydrogen-bond acceptors (Lipinski definition) is 3. The molecule has 2 rings (SSSR count). The minimum atomic E-state index is 0.0351. The molecule has 0 amide bonds. The van der Waals surface area contributed by atoms with Gasteiger partial charge in [0, 0.05) is 37.6 Å². The number of aromatic nitrogens is 2. The highest BCUT2D eigenvalue weighted by Crippen LogP contribution is 2.30. The van der Waals surface area contributed by atoms with E-state index in [1.54, 1.807) is 0 Å². The highest BCUT2D eigenvalue weighted by atomic mass is 16.5. The average Bonchev–Trinajstić information content (AvgIpc) is 2.90. The Balaban J connectivity index is 2.01. The highest BCUT2D eigenvalue weighted by Gasteiger charge is 2.34. The van der Waals surface area contributed by atoms with Gasteiger partial charge >= 0.3 is 0 Å². The number of imidazole rings is 1. The van der Waals surface area contributed by atoms with Crippen LogP contribution >= 0.6 is 0 Å². The molecule has 4 heteroatoms. The van der Waals surface area contributed by atoms with Crippen molar-refractivity contribution in [2.75, 3.05) is 6.61 Å². The van der Waals surface area contributed by atoms with Crippen molar-refractivity contribution in [2.24, 2.45) is 5.41 Å². The number of rotatable bonds is 5. The van der Waals surface area contributed by atoms with Crippen molar-refractivity contribution in [1.82, 2.24) is 14.9 Å². The molecule has 2 heterocycles. The van der Waals surface area contributed by atoms with Crippen LogP contribution in [0.5, 0.6) is 0 Å². The molecule has 0 aliphatic carbocycles. The van der Waals surface area contributed by atoms with Gasteiger partial charge in [-0.05, 0) is 31.6 Å². The van der Waals surface area contributed by atoms with Crippen molar-refractivity contribution in [3.63, 3.8) is 0 Å². The van der Waals surface area contributed by atoms with E-state index in [2.05, 4.69) is 49.5 Å². The van der Waals surface area contributed by atoms with Gasteiger partial charge in [-0.2, -0.15) is 0 Å². The van der Waals surface area contributed by atoms with Crippen LogP contribution in [-0.4, -0.2) is 33.8 Å². The molecule has 0 spiro atoms. The molecule has 3 unspecified atom stereocenters. The van der Waals surface area contributed by atoms with Crippen molar-refractivity contribution in [3.05, 3.63) is 18.7 Å². The first-order valence-electron chi connectivity index (χ1n) is 8.18. The van der Waals surface area contributed by atoms with Crippen LogP contribution in [0, 0.1) is 5.41 Å². The molecule has 1 fully saturated rings. The summed E-state index contributed by atoms with van der Waals surface area (Å²) in [6.45, 7) is 13.2. The summed E-state index contributed by atoms with van der Waals surface area (Å²) < 4.78 is 8.13. The van der Waals surface area contributed by atoms with Gasteiger partial charge in [0.05, 0.1) is 11.9 Å². The third kappa shape index (κ3) is 4.55. The number of nitrogens with one attached hydrogen (secondary N) is 1. The fourth-order valence-corrected chi connectivity index (χ4v) is 2.99. The average molecular weight is 293 g/mol. The molecule has 0 bridgehead atoms. The molecule has 21 heavy (non-hydrogen) atoms. The molecule has 0 aromatic carbocycles. The monoisotopic (exact) mass is 293 g/mol. The summed E-state index contributed by atoms with van der Waals surface area (Å²) in [5, 5.41) is 3.90. The zero-order valence-corrected chi connectivity index (χ0v) is 14.2. The summed E-state index contributed by atoms with van der Waals surface area (Å²) in [7, 11) is 0. The largest absolute Gasteiger partial charge is 0.375 e. The molecular weight excluding hydrogens is 262 g/mol. The van der Waals surface area contributed by atoms with E-state index in [9.17, 15) is 0 Å². The molecule has 1 aromatic rings. The number of hydrogen-bond donors (Lipinski definition) is 1. The summed E-state index contributed by atoms with van der Waals surface area (Å²) in [6.07, 6.45) is 9.07. The molecule has 1 saturated heterocycles. The van der Waals surface area contributed by atoms with Gasteiger partial charge in [0.2, 0.25) is 0 Å². The highest BCUT2D eigenvalue weighted by molar-refractivity contribution is 4.91. The predicted molar refractivity (Wildman–Crippen MR) is 86.3 cm³/mol. The van der Waals surface area contributed by atoms with Crippen LogP contribution in [-0.2, 0) is 11.3 Å². The van der Waals surface area contributed by atoms with Gasteiger partial charge < -0.3 is 14.6 Å². The van der Waals surface area contributed by atoms with E-state index in [1.807, 2.05) is 18.7 Å². The Kier molecular flexibility index (Phi) is 5.10. The second-order valence-electron chi connectivity index (χ2n) is 7.69. The Labute approximate surface area is 129 Å². The van der Waals surface area contributed by atoms with Crippen molar-refractivity contribution in [3.8, 4) is 0 Å². The number of nitrogens with zero attached hydrogens (tertiary/aromatic N) is 2. The predicted octanol–water partition coefficient (Wildman–Crippen LogP) is 3.24. The van der Waals surface area contributed by atoms with E-state index in [1.165, 1.54) is 0 Å². The maximum Gasteiger partial charge on any atom is 0.0946 e. The van der Waals surface area contributed by atoms with Gasteiger partial charge in [0.15, 0.2) is 0 Å². The van der Waals surface area contributed by atoms with Gasteiger partial charge in [0.25, 0.3) is 0 Å². The Morgan fingerprint density at radius 3 is 2.81 bits per heavy atom. The summed E-state index contributed by atoms with van der Waals surface area (Å²) >= 11 is 0. The van der Waals surface area contributed by atoms with Gasteiger partial charge in [-0.15, -0.1) is 0 Å². The SMILES string of the molecule is CCC1(C)CC(NC(Cn2ccnc2)C(C)(C)C)CCO1. The molecule has 0 radical (unpaired) electrons. The lowest BCUT2D eigenvalue weighted by Crippen LogP contribution is -2.53. The quantitative estimate of drug-likeness (QED) is 0.906. The van der Waals surface area contributed by atoms with E-state index < -0.39 is 0 Å². The molecule has 0 saturated carbocycles. The van der Waals surface area contributed by atoms with Crippen LogP contribution in [0.15, 0.2) is 18.7 Å². The normalized spacial score (nSPS) is 28.5. The van der Waals surface area contributed by atoms with Crippen LogP contribution in [0.25, 0.3) is 0 Å². The van der Waals surface area contributed by atoms with E-state index in [0.717, 1.165) is 32.4 Å². The minimum Gasteiger partial charge on any atom is -0.375 e. The van der Waals surface area contributed by atoms with Crippen LogP contribution in [0.2, 0.25) is 0 Å². The Hall–Kier alpha value is -0.870. The Bertz CT molecular complexity index is 424. The maximum absolute atomic E-state index is 5.96. The molecule has 120 valence electrons. The van der Waals surface area contributed by atoms with Crippen LogP contribution in [0.3, 0.4) is 0 Å². The second kappa shape index (κ2) is 6.49. The first kappa shape index (κ1) is 16.5. The van der Waals surface area contributed by atoms with E-state index in [0.29, 0.717) is 12.1 Å². The standard InChI is InChI=1S/C17H31N3O/c1-6-17(5)11-14(7-10-21-17)19-15(16(2,3)4)12-20-9-8-18-13-20/h8-9,13-15,19H,6-7,10-12H2,1-5H3. The van der Waals surface area contributed by atoms with E-state index in [4.69, 9.17) is 4.74 Å². The fraction of sp³-hybridized carbons (Fsp3) is 0.824. The van der Waals surface area contributed by atoms with Crippen molar-refractivity contribution in [1.29, 1.82) is 0 Å². The lowest BCUT2D eigenvalue weighted by molar-refractivity contribution is -0.0808. The number of ether oxygens (including phenoxy) is 1. The minimum absolute atomic E-state index is 0.0351. The first-order chi connectivity index (χ1) is 9.82. The molecule has 1 aliphatic rings. The van der Waals surface area contributed by atoms with Crippen molar-refractivity contribution in [2.45, 2.75) is 78.1 Å². The Morgan fingerprint density at radius 2 is 2.24 bits per heavy atom. The van der Waals surface area contributed by atoms with Crippen LogP contribution in [0.4, 0.5) is 0 Å². The third-order valence-electron chi connectivity index (χ3n) is 4.78. The van der Waals surface area contributed by atoms with E-state index in [-0.39, 0.29) is 11.0 Å². The van der Waals surface area contributed by atoms with Gasteiger partial charge in [-0.1, -0.05) is 27.7 Å². The van der Waals surface area contributed by atoms with Crippen molar-refractivity contribution < 1.29 is 4.74 Å². The second-order valence-corrected chi connectivity index (χ2v) is 7.69. The van der Waals surface area contributed by atoms with Crippen molar-refractivity contribution >= 4 is 0 Å². The maximum atomic E-state index is 5.96. The lowest BCUT2D eigenvalue weighted by Gasteiger charge is -2.42. The van der Waals surface area contributed by atoms with E-state index >= 15 is 0 Å². The molecule has 1 aromatic heterocycles. The fourth-order valence-electron chi connectivity index (χ4n) is 2.99. The summed E-state index contributed by atoms with van der Waals surface area (Å²) in [5.74, 6) is 0. The Morgan fingerprint density at radius 1 is 1.48 bits per heavy atom. The summed E-state index contributed by atoms with van der Waals surface area (Å²) in [6, 6.07) is 0.965. The molecular formula is C17H31N3O. The first-order valence-corrected chi connectivity index (χ1v) is 8.18. The van der Waals surface area contributed by atoms with Crippen LogP contribution in [0.1, 0.15) is 53.9 Å². The van der Waals surface area contributed by atoms with Crippen LogP contribution < -0.4 is 5.32 Å². The van der Waals surface area contributed by atoms with Gasteiger partial charge in [-0.25, -0.2) is 4.98 Å². The molecule has 1 aliphatic heterocycles. The topological polar surface area (TPSA) is 39.1 Å². The van der Waals surface area contributed by atoms with Gasteiger partial charge in [-0.3, -0.25) is 0 Å². The zero-order valence-electron chi connectivity index (χ0n) is 14.2. The molecule has 1 N–H and O–H groups in total. The summed E-state index contributed by atoms with van der Waals surface area (Å²) in [5.41, 5.74) is 0.249. The lowest BCUT2D eigenvalue weighted by atomic mass is 9.84. The summed E-state index contributed by atoms with van der Waals surface area (Å²) in [4.78, 5) is 4.16. The molecule has 4 nitrogen and oxygen atoms in total. The third-order valence-corrected chi connectivity index (χ3v) is 4.78.